The van der Waals surface area contributed by atoms with Crippen LogP contribution in [0.1, 0.15) is 37.6 Å². The van der Waals surface area contributed by atoms with Crippen molar-refractivity contribution in [2.45, 2.75) is 27.2 Å². The first-order chi connectivity index (χ1) is 10.9. The largest absolute Gasteiger partial charge is 0.425 e. The van der Waals surface area contributed by atoms with Crippen molar-refractivity contribution < 1.29 is 19.1 Å². The molecule has 4 heteroatoms. The van der Waals surface area contributed by atoms with E-state index in [2.05, 4.69) is 0 Å². The standard InChI is InChI=1S/C19H20O4/c1-4-19(2,3)18(21)23-16-13-9-8-12-15(16)17(20)22-14-10-6-5-7-11-14/h5-13H,4H2,1-3H3. The molecule has 0 saturated heterocycles. The fraction of sp³-hybridized carbons (Fsp3) is 0.263. The lowest BCUT2D eigenvalue weighted by molar-refractivity contribution is -0.144. The monoisotopic (exact) mass is 312 g/mol. The molecule has 0 spiro atoms. The van der Waals surface area contributed by atoms with Crippen LogP contribution in [0.15, 0.2) is 54.6 Å². The van der Waals surface area contributed by atoms with Crippen LogP contribution in [0.5, 0.6) is 11.5 Å². The summed E-state index contributed by atoms with van der Waals surface area (Å²) < 4.78 is 10.7. The summed E-state index contributed by atoms with van der Waals surface area (Å²) in [6.45, 7) is 5.53. The highest BCUT2D eigenvalue weighted by atomic mass is 16.6. The molecule has 0 aliphatic carbocycles. The van der Waals surface area contributed by atoms with E-state index in [1.807, 2.05) is 13.0 Å². The van der Waals surface area contributed by atoms with Crippen LogP contribution in [0, 0.1) is 5.41 Å². The quantitative estimate of drug-likeness (QED) is 0.612. The Morgan fingerprint density at radius 1 is 0.913 bits per heavy atom. The molecular formula is C19H20O4. The Hall–Kier alpha value is -2.62. The first-order valence-electron chi connectivity index (χ1n) is 7.52. The highest BCUT2D eigenvalue weighted by molar-refractivity contribution is 5.95. The molecule has 0 heterocycles. The van der Waals surface area contributed by atoms with Crippen molar-refractivity contribution in [2.24, 2.45) is 5.41 Å². The molecular weight excluding hydrogens is 292 g/mol. The van der Waals surface area contributed by atoms with Gasteiger partial charge in [0.1, 0.15) is 17.1 Å². The van der Waals surface area contributed by atoms with E-state index >= 15 is 0 Å². The number of rotatable bonds is 5. The van der Waals surface area contributed by atoms with Gasteiger partial charge in [-0.1, -0.05) is 37.3 Å². The van der Waals surface area contributed by atoms with Crippen LogP contribution < -0.4 is 9.47 Å². The summed E-state index contributed by atoms with van der Waals surface area (Å²) in [6, 6.07) is 15.3. The molecule has 2 aromatic rings. The zero-order valence-electron chi connectivity index (χ0n) is 13.5. The minimum absolute atomic E-state index is 0.208. The lowest BCUT2D eigenvalue weighted by atomic mass is 9.91. The Labute approximate surface area is 136 Å². The summed E-state index contributed by atoms with van der Waals surface area (Å²) in [5.41, 5.74) is -0.396. The van der Waals surface area contributed by atoms with E-state index in [1.165, 1.54) is 0 Å². The maximum atomic E-state index is 12.3. The van der Waals surface area contributed by atoms with Crippen LogP contribution >= 0.6 is 0 Å². The lowest BCUT2D eigenvalue weighted by Crippen LogP contribution is -2.28. The molecule has 0 fully saturated rings. The van der Waals surface area contributed by atoms with Crippen molar-refractivity contribution in [3.05, 3.63) is 60.2 Å². The molecule has 0 amide bonds. The van der Waals surface area contributed by atoms with E-state index in [1.54, 1.807) is 62.4 Å². The van der Waals surface area contributed by atoms with Gasteiger partial charge in [-0.2, -0.15) is 0 Å². The van der Waals surface area contributed by atoms with Crippen LogP contribution in [0.25, 0.3) is 0 Å². The van der Waals surface area contributed by atoms with Crippen molar-refractivity contribution >= 4 is 11.9 Å². The molecule has 120 valence electrons. The zero-order chi connectivity index (χ0) is 16.9. The third-order valence-electron chi connectivity index (χ3n) is 3.70. The van der Waals surface area contributed by atoms with Gasteiger partial charge in [0.15, 0.2) is 0 Å². The number of hydrogen-bond donors (Lipinski definition) is 0. The second-order valence-electron chi connectivity index (χ2n) is 5.83. The molecule has 0 radical (unpaired) electrons. The predicted octanol–water partition coefficient (Wildman–Crippen LogP) is 4.25. The molecule has 0 bridgehead atoms. The van der Waals surface area contributed by atoms with Crippen LogP contribution in [0.4, 0.5) is 0 Å². The summed E-state index contributed by atoms with van der Waals surface area (Å²) >= 11 is 0. The number of esters is 2. The average molecular weight is 312 g/mol. The van der Waals surface area contributed by atoms with Crippen molar-refractivity contribution in [1.29, 1.82) is 0 Å². The van der Waals surface area contributed by atoms with Gasteiger partial charge in [-0.25, -0.2) is 4.79 Å². The second-order valence-corrected chi connectivity index (χ2v) is 5.83. The highest BCUT2D eigenvalue weighted by Gasteiger charge is 2.29. The van der Waals surface area contributed by atoms with E-state index in [4.69, 9.17) is 9.47 Å². The summed E-state index contributed by atoms with van der Waals surface area (Å²) in [5, 5.41) is 0. The van der Waals surface area contributed by atoms with Gasteiger partial charge in [0.25, 0.3) is 0 Å². The third-order valence-corrected chi connectivity index (χ3v) is 3.70. The Kier molecular flexibility index (Phi) is 5.16. The molecule has 0 atom stereocenters. The Morgan fingerprint density at radius 2 is 1.52 bits per heavy atom. The molecule has 0 aliphatic heterocycles. The third kappa shape index (κ3) is 4.19. The number of para-hydroxylation sites is 2. The van der Waals surface area contributed by atoms with E-state index in [0.717, 1.165) is 0 Å². The van der Waals surface area contributed by atoms with Crippen LogP contribution in [0.3, 0.4) is 0 Å². The molecule has 2 aromatic carbocycles. The highest BCUT2D eigenvalue weighted by Crippen LogP contribution is 2.26. The molecule has 4 nitrogen and oxygen atoms in total. The Morgan fingerprint density at radius 3 is 2.17 bits per heavy atom. The van der Waals surface area contributed by atoms with E-state index in [9.17, 15) is 9.59 Å². The summed E-state index contributed by atoms with van der Waals surface area (Å²) in [7, 11) is 0. The SMILES string of the molecule is CCC(C)(C)C(=O)Oc1ccccc1C(=O)Oc1ccccc1. The molecule has 0 saturated carbocycles. The zero-order valence-corrected chi connectivity index (χ0v) is 13.5. The normalized spacial score (nSPS) is 10.9. The van der Waals surface area contributed by atoms with Gasteiger partial charge in [-0.15, -0.1) is 0 Å². The molecule has 0 aromatic heterocycles. The molecule has 0 unspecified atom stereocenters. The van der Waals surface area contributed by atoms with Gasteiger partial charge in [-0.05, 0) is 44.5 Å². The summed E-state index contributed by atoms with van der Waals surface area (Å²) in [5.74, 6) is -0.290. The minimum Gasteiger partial charge on any atom is -0.425 e. The van der Waals surface area contributed by atoms with Crippen LogP contribution in [-0.2, 0) is 4.79 Å². The van der Waals surface area contributed by atoms with Gasteiger partial charge in [0.2, 0.25) is 0 Å². The van der Waals surface area contributed by atoms with Gasteiger partial charge < -0.3 is 9.47 Å². The van der Waals surface area contributed by atoms with Crippen molar-refractivity contribution in [1.82, 2.24) is 0 Å². The molecule has 0 aliphatic rings. The number of carbonyl (C=O) groups is 2. The second kappa shape index (κ2) is 7.09. The molecule has 2 rings (SSSR count). The number of ether oxygens (including phenoxy) is 2. The average Bonchev–Trinajstić information content (AvgIpc) is 2.56. The van der Waals surface area contributed by atoms with Gasteiger partial charge in [0, 0.05) is 0 Å². The van der Waals surface area contributed by atoms with E-state index in [-0.39, 0.29) is 17.3 Å². The van der Waals surface area contributed by atoms with Crippen molar-refractivity contribution in [3.8, 4) is 11.5 Å². The maximum absolute atomic E-state index is 12.3. The van der Waals surface area contributed by atoms with E-state index < -0.39 is 11.4 Å². The fourth-order valence-corrected chi connectivity index (χ4v) is 1.76. The number of benzene rings is 2. The summed E-state index contributed by atoms with van der Waals surface area (Å²) in [4.78, 5) is 24.5. The van der Waals surface area contributed by atoms with E-state index in [0.29, 0.717) is 12.2 Å². The molecule has 0 N–H and O–H groups in total. The van der Waals surface area contributed by atoms with Crippen LogP contribution in [-0.4, -0.2) is 11.9 Å². The van der Waals surface area contributed by atoms with Gasteiger partial charge in [0.05, 0.1) is 5.41 Å². The summed E-state index contributed by atoms with van der Waals surface area (Å²) in [6.07, 6.45) is 0.641. The Bertz CT molecular complexity index is 690. The minimum atomic E-state index is -0.615. The topological polar surface area (TPSA) is 52.6 Å². The maximum Gasteiger partial charge on any atom is 0.347 e. The van der Waals surface area contributed by atoms with Crippen molar-refractivity contribution in [3.63, 3.8) is 0 Å². The first-order valence-corrected chi connectivity index (χ1v) is 7.52. The van der Waals surface area contributed by atoms with Crippen molar-refractivity contribution in [2.75, 3.05) is 0 Å². The van der Waals surface area contributed by atoms with Crippen LogP contribution in [0.2, 0.25) is 0 Å². The predicted molar refractivity (Wildman–Crippen MR) is 87.5 cm³/mol. The van der Waals surface area contributed by atoms with Gasteiger partial charge >= 0.3 is 11.9 Å². The Balaban J connectivity index is 2.20. The number of hydrogen-bond acceptors (Lipinski definition) is 4. The van der Waals surface area contributed by atoms with Gasteiger partial charge in [-0.3, -0.25) is 4.79 Å². The smallest absolute Gasteiger partial charge is 0.347 e. The first kappa shape index (κ1) is 16.7. The molecule has 23 heavy (non-hydrogen) atoms. The number of carbonyl (C=O) groups excluding carboxylic acids is 2. The lowest BCUT2D eigenvalue weighted by Gasteiger charge is -2.20. The fourth-order valence-electron chi connectivity index (χ4n) is 1.76.